The summed E-state index contributed by atoms with van der Waals surface area (Å²) >= 11 is 3.30. The summed E-state index contributed by atoms with van der Waals surface area (Å²) in [7, 11) is 1.49. The molecule has 1 N–H and O–H groups in total. The van der Waals surface area contributed by atoms with Crippen LogP contribution in [-0.2, 0) is 6.18 Å². The molecule has 0 saturated heterocycles. The number of benzene rings is 2. The number of hydrogen-bond donors (Lipinski definition) is 1. The third kappa shape index (κ3) is 3.76. The van der Waals surface area contributed by atoms with E-state index in [1.54, 1.807) is 48.5 Å². The first-order valence-corrected chi connectivity index (χ1v) is 9.76. The Bertz CT molecular complexity index is 1330. The Kier molecular flexibility index (Phi) is 5.22. The third-order valence-electron chi connectivity index (χ3n) is 4.75. The van der Waals surface area contributed by atoms with E-state index in [9.17, 15) is 23.1 Å². The highest BCUT2D eigenvalue weighted by atomic mass is 79.9. The van der Waals surface area contributed by atoms with Gasteiger partial charge in [0.1, 0.15) is 17.2 Å². The van der Waals surface area contributed by atoms with Crippen LogP contribution in [0, 0.1) is 0 Å². The number of pyridine rings is 2. The molecule has 2 heterocycles. The predicted octanol–water partition coefficient (Wildman–Crippen LogP) is 5.55. The van der Waals surface area contributed by atoms with Crippen molar-refractivity contribution in [2.45, 2.75) is 6.18 Å². The zero-order valence-electron chi connectivity index (χ0n) is 15.9. The summed E-state index contributed by atoms with van der Waals surface area (Å²) in [5.41, 5.74) is -1.53. The highest BCUT2D eigenvalue weighted by Gasteiger charge is 2.33. The Morgan fingerprint density at radius 2 is 1.65 bits per heavy atom. The number of alkyl halides is 3. The second-order valence-electron chi connectivity index (χ2n) is 6.63. The second-order valence-corrected chi connectivity index (χ2v) is 7.55. The van der Waals surface area contributed by atoms with Crippen LogP contribution < -0.4 is 10.3 Å². The summed E-state index contributed by atoms with van der Waals surface area (Å²) in [5, 5.41) is 10.9. The Morgan fingerprint density at radius 1 is 1.00 bits per heavy atom. The molecule has 0 amide bonds. The fraction of sp³-hybridized carbons (Fsp3) is 0.0909. The third-order valence-corrected chi connectivity index (χ3v) is 5.28. The van der Waals surface area contributed by atoms with E-state index in [0.29, 0.717) is 17.0 Å². The molecule has 5 nitrogen and oxygen atoms in total. The molecule has 2 aromatic heterocycles. The van der Waals surface area contributed by atoms with Crippen molar-refractivity contribution in [1.29, 1.82) is 0 Å². The molecule has 0 bridgehead atoms. The van der Waals surface area contributed by atoms with Crippen LogP contribution in [0.4, 0.5) is 13.2 Å². The molecule has 2 aromatic carbocycles. The average Bonchev–Trinajstić information content (AvgIpc) is 2.74. The van der Waals surface area contributed by atoms with Crippen molar-refractivity contribution in [3.8, 4) is 28.3 Å². The van der Waals surface area contributed by atoms with Gasteiger partial charge in [-0.05, 0) is 54.1 Å². The van der Waals surface area contributed by atoms with E-state index < -0.39 is 23.2 Å². The molecule has 0 spiro atoms. The topological polar surface area (TPSA) is 64.3 Å². The summed E-state index contributed by atoms with van der Waals surface area (Å²) < 4.78 is 46.8. The van der Waals surface area contributed by atoms with E-state index in [1.165, 1.54) is 7.11 Å². The van der Waals surface area contributed by atoms with Gasteiger partial charge in [0.25, 0.3) is 5.56 Å². The Labute approximate surface area is 182 Å². The van der Waals surface area contributed by atoms with Crippen molar-refractivity contribution in [3.05, 3.63) is 81.2 Å². The Hall–Kier alpha value is -3.33. The van der Waals surface area contributed by atoms with Crippen LogP contribution >= 0.6 is 15.9 Å². The zero-order valence-corrected chi connectivity index (χ0v) is 17.5. The van der Waals surface area contributed by atoms with E-state index >= 15 is 0 Å². The molecule has 4 aromatic rings. The SMILES string of the molecule is COc1ccc(-c2c(O)c3ccc(C(F)(F)F)nc3n(-c3ccc(Br)cc3)c2=O)cc1. The lowest BCUT2D eigenvalue weighted by atomic mass is 10.0. The first kappa shape index (κ1) is 20.9. The van der Waals surface area contributed by atoms with Gasteiger partial charge in [-0.1, -0.05) is 28.1 Å². The van der Waals surface area contributed by atoms with Crippen LogP contribution in [0.25, 0.3) is 27.8 Å². The highest BCUT2D eigenvalue weighted by molar-refractivity contribution is 9.10. The van der Waals surface area contributed by atoms with E-state index in [1.807, 2.05) is 0 Å². The van der Waals surface area contributed by atoms with Crippen LogP contribution in [0.2, 0.25) is 0 Å². The van der Waals surface area contributed by atoms with Gasteiger partial charge < -0.3 is 9.84 Å². The molecule has 0 unspecified atom stereocenters. The van der Waals surface area contributed by atoms with Crippen molar-refractivity contribution in [2.75, 3.05) is 7.11 Å². The molecule has 0 saturated carbocycles. The van der Waals surface area contributed by atoms with E-state index in [4.69, 9.17) is 4.74 Å². The molecule has 0 fully saturated rings. The lowest BCUT2D eigenvalue weighted by Gasteiger charge is -2.16. The van der Waals surface area contributed by atoms with E-state index in [0.717, 1.165) is 21.2 Å². The fourth-order valence-corrected chi connectivity index (χ4v) is 3.52. The van der Waals surface area contributed by atoms with Gasteiger partial charge in [-0.25, -0.2) is 4.98 Å². The molecule has 0 radical (unpaired) electrons. The number of halogens is 4. The summed E-state index contributed by atoms with van der Waals surface area (Å²) in [6, 6.07) is 14.8. The number of hydrogen-bond acceptors (Lipinski definition) is 4. The van der Waals surface area contributed by atoms with Crippen LogP contribution in [0.3, 0.4) is 0 Å². The summed E-state index contributed by atoms with van der Waals surface area (Å²) in [6.45, 7) is 0. The van der Waals surface area contributed by atoms with Crippen LogP contribution in [0.1, 0.15) is 5.69 Å². The minimum Gasteiger partial charge on any atom is -0.506 e. The molecule has 9 heteroatoms. The van der Waals surface area contributed by atoms with Crippen molar-refractivity contribution >= 4 is 27.0 Å². The minimum absolute atomic E-state index is 0.0151. The molecule has 31 heavy (non-hydrogen) atoms. The average molecular weight is 491 g/mol. The molecule has 4 rings (SSSR count). The summed E-state index contributed by atoms with van der Waals surface area (Å²) in [6.07, 6.45) is -4.71. The predicted molar refractivity (Wildman–Crippen MR) is 114 cm³/mol. The number of aromatic nitrogens is 2. The van der Waals surface area contributed by atoms with Gasteiger partial charge in [-0.15, -0.1) is 0 Å². The first-order chi connectivity index (χ1) is 14.7. The van der Waals surface area contributed by atoms with Gasteiger partial charge in [0.15, 0.2) is 5.65 Å². The Balaban J connectivity index is 2.11. The maximum Gasteiger partial charge on any atom is 0.433 e. The molecular formula is C22H14BrF3N2O3. The first-order valence-electron chi connectivity index (χ1n) is 8.97. The molecular weight excluding hydrogens is 477 g/mol. The van der Waals surface area contributed by atoms with Crippen molar-refractivity contribution in [1.82, 2.24) is 9.55 Å². The van der Waals surface area contributed by atoms with Gasteiger partial charge in [0.2, 0.25) is 0 Å². The smallest absolute Gasteiger partial charge is 0.433 e. The van der Waals surface area contributed by atoms with Crippen LogP contribution in [-0.4, -0.2) is 21.8 Å². The van der Waals surface area contributed by atoms with Crippen molar-refractivity contribution in [2.24, 2.45) is 0 Å². The van der Waals surface area contributed by atoms with Crippen LogP contribution in [0.15, 0.2) is 69.9 Å². The zero-order chi connectivity index (χ0) is 22.3. The van der Waals surface area contributed by atoms with E-state index in [2.05, 4.69) is 20.9 Å². The quantitative estimate of drug-likeness (QED) is 0.409. The number of ether oxygens (including phenoxy) is 1. The fourth-order valence-electron chi connectivity index (χ4n) is 3.25. The lowest BCUT2D eigenvalue weighted by molar-refractivity contribution is -0.141. The van der Waals surface area contributed by atoms with Gasteiger partial charge in [0.05, 0.1) is 23.7 Å². The second kappa shape index (κ2) is 7.73. The van der Waals surface area contributed by atoms with Crippen molar-refractivity contribution in [3.63, 3.8) is 0 Å². The number of fused-ring (bicyclic) bond motifs is 1. The number of rotatable bonds is 3. The molecule has 0 aliphatic rings. The largest absolute Gasteiger partial charge is 0.506 e. The summed E-state index contributed by atoms with van der Waals surface area (Å²) in [5.74, 6) is 0.105. The lowest BCUT2D eigenvalue weighted by Crippen LogP contribution is -2.22. The van der Waals surface area contributed by atoms with Crippen molar-refractivity contribution < 1.29 is 23.0 Å². The molecule has 0 atom stereocenters. The van der Waals surface area contributed by atoms with Gasteiger partial charge in [0, 0.05) is 4.47 Å². The van der Waals surface area contributed by atoms with Gasteiger partial charge in [-0.2, -0.15) is 13.2 Å². The van der Waals surface area contributed by atoms with Gasteiger partial charge in [-0.3, -0.25) is 9.36 Å². The number of aromatic hydroxyl groups is 1. The normalized spacial score (nSPS) is 11.6. The maximum absolute atomic E-state index is 13.4. The summed E-state index contributed by atoms with van der Waals surface area (Å²) in [4.78, 5) is 17.1. The minimum atomic E-state index is -4.71. The molecule has 0 aliphatic carbocycles. The van der Waals surface area contributed by atoms with E-state index in [-0.39, 0.29) is 16.6 Å². The maximum atomic E-state index is 13.4. The standard InChI is InChI=1S/C22H14BrF3N2O3/c1-31-15-8-2-12(3-9-15)18-19(29)16-10-11-17(22(24,25)26)27-20(16)28(21(18)30)14-6-4-13(23)5-7-14/h2-11,29H,1H3. The van der Waals surface area contributed by atoms with Crippen LogP contribution in [0.5, 0.6) is 11.5 Å². The number of nitrogens with zero attached hydrogens (tertiary/aromatic N) is 2. The molecule has 0 aliphatic heterocycles. The van der Waals surface area contributed by atoms with Gasteiger partial charge >= 0.3 is 6.18 Å². The highest BCUT2D eigenvalue weighted by Crippen LogP contribution is 2.36. The molecule has 158 valence electrons. The monoisotopic (exact) mass is 490 g/mol. The number of methoxy groups -OCH3 is 1. The Morgan fingerprint density at radius 3 is 2.23 bits per heavy atom.